The number of pyridine rings is 1. The lowest BCUT2D eigenvalue weighted by atomic mass is 9.84. The van der Waals surface area contributed by atoms with Gasteiger partial charge in [-0.05, 0) is 84.8 Å². The number of hydrogen-bond acceptors (Lipinski definition) is 2. The maximum absolute atomic E-state index is 5.49. The predicted octanol–water partition coefficient (Wildman–Crippen LogP) is 7.41. The first kappa shape index (κ1) is 21.6. The van der Waals surface area contributed by atoms with Crippen LogP contribution in [-0.2, 0) is 10.2 Å². The fourth-order valence-electron chi connectivity index (χ4n) is 4.37. The van der Waals surface area contributed by atoms with E-state index < -0.39 is 0 Å². The Hall–Kier alpha value is -2.09. The molecule has 1 aliphatic rings. The van der Waals surface area contributed by atoms with E-state index in [9.17, 15) is 0 Å². The number of benzene rings is 1. The summed E-state index contributed by atoms with van der Waals surface area (Å²) in [6, 6.07) is 11.7. The van der Waals surface area contributed by atoms with Gasteiger partial charge in [-0.15, -0.1) is 0 Å². The lowest BCUT2D eigenvalue weighted by Gasteiger charge is -2.23. The fourth-order valence-corrected chi connectivity index (χ4v) is 4.37. The Kier molecular flexibility index (Phi) is 6.51. The molecule has 3 rings (SSSR count). The van der Waals surface area contributed by atoms with Gasteiger partial charge in [-0.25, -0.2) is 0 Å². The molecule has 1 aromatic carbocycles. The van der Waals surface area contributed by atoms with Crippen LogP contribution in [0.25, 0.3) is 5.57 Å². The third-order valence-corrected chi connectivity index (χ3v) is 6.60. The quantitative estimate of drug-likeness (QED) is 0.437. The Balaban J connectivity index is 1.97. The molecule has 29 heavy (non-hydrogen) atoms. The van der Waals surface area contributed by atoms with Crippen molar-refractivity contribution in [2.45, 2.75) is 78.6 Å². The highest BCUT2D eigenvalue weighted by atomic mass is 16.5. The van der Waals surface area contributed by atoms with Crippen LogP contribution in [0.3, 0.4) is 0 Å². The van der Waals surface area contributed by atoms with E-state index in [1.54, 1.807) is 7.11 Å². The summed E-state index contributed by atoms with van der Waals surface area (Å²) >= 11 is 0. The molecular weight excluding hydrogens is 354 g/mol. The predicted molar refractivity (Wildman–Crippen MR) is 123 cm³/mol. The summed E-state index contributed by atoms with van der Waals surface area (Å²) in [6.07, 6.45) is 6.72. The van der Waals surface area contributed by atoms with Crippen LogP contribution in [0.15, 0.2) is 42.3 Å². The molecule has 0 amide bonds. The van der Waals surface area contributed by atoms with Crippen molar-refractivity contribution in [3.63, 3.8) is 0 Å². The van der Waals surface area contributed by atoms with E-state index in [1.165, 1.54) is 46.4 Å². The lowest BCUT2D eigenvalue weighted by Crippen LogP contribution is -2.10. The van der Waals surface area contributed by atoms with E-state index in [1.807, 2.05) is 13.1 Å². The van der Waals surface area contributed by atoms with E-state index in [0.717, 1.165) is 18.6 Å². The molecule has 0 aliphatic heterocycles. The Morgan fingerprint density at radius 3 is 2.31 bits per heavy atom. The highest BCUT2D eigenvalue weighted by Crippen LogP contribution is 2.47. The maximum Gasteiger partial charge on any atom is 0.0962 e. The van der Waals surface area contributed by atoms with Crippen LogP contribution in [-0.4, -0.2) is 12.1 Å². The summed E-state index contributed by atoms with van der Waals surface area (Å²) in [5, 5.41) is 0. The Morgan fingerprint density at radius 2 is 1.83 bits per heavy atom. The molecule has 0 saturated heterocycles. The van der Waals surface area contributed by atoms with Crippen molar-refractivity contribution < 1.29 is 4.74 Å². The second-order valence-electron chi connectivity index (χ2n) is 9.38. The molecule has 0 spiro atoms. The van der Waals surface area contributed by atoms with Gasteiger partial charge in [0.25, 0.3) is 0 Å². The molecule has 156 valence electrons. The van der Waals surface area contributed by atoms with Crippen LogP contribution < -0.4 is 0 Å². The Morgan fingerprint density at radius 1 is 1.17 bits per heavy atom. The number of nitrogens with zero attached hydrogens (tertiary/aromatic N) is 1. The summed E-state index contributed by atoms with van der Waals surface area (Å²) in [5.74, 6) is 1.93. The molecule has 1 fully saturated rings. The number of ether oxygens (including phenoxy) is 1. The zero-order valence-corrected chi connectivity index (χ0v) is 19.3. The molecule has 0 N–H and O–H groups in total. The highest BCUT2D eigenvalue weighted by Gasteiger charge is 2.38. The van der Waals surface area contributed by atoms with Crippen molar-refractivity contribution in [1.29, 1.82) is 0 Å². The van der Waals surface area contributed by atoms with Gasteiger partial charge >= 0.3 is 0 Å². The third kappa shape index (κ3) is 4.74. The number of allylic oxidation sites excluding steroid dienone is 2. The van der Waals surface area contributed by atoms with Gasteiger partial charge in [0.1, 0.15) is 0 Å². The van der Waals surface area contributed by atoms with Gasteiger partial charge in [0, 0.05) is 12.1 Å². The average Bonchev–Trinajstić information content (AvgIpc) is 3.45. The van der Waals surface area contributed by atoms with Gasteiger partial charge in [-0.3, -0.25) is 4.98 Å². The van der Waals surface area contributed by atoms with Crippen LogP contribution in [0.2, 0.25) is 0 Å². The molecule has 1 atom stereocenters. The molecule has 1 aromatic heterocycles. The minimum atomic E-state index is 0.336. The molecule has 1 heterocycles. The van der Waals surface area contributed by atoms with Crippen molar-refractivity contribution in [3.05, 3.63) is 70.2 Å². The van der Waals surface area contributed by atoms with Crippen molar-refractivity contribution in [3.8, 4) is 0 Å². The van der Waals surface area contributed by atoms with Crippen molar-refractivity contribution in [2.75, 3.05) is 7.11 Å². The molecule has 2 nitrogen and oxygen atoms in total. The maximum atomic E-state index is 5.49. The summed E-state index contributed by atoms with van der Waals surface area (Å²) in [6.45, 7) is 13.4. The first-order valence-electron chi connectivity index (χ1n) is 11.1. The van der Waals surface area contributed by atoms with Gasteiger partial charge in [-0.2, -0.15) is 0 Å². The number of rotatable bonds is 8. The van der Waals surface area contributed by atoms with Gasteiger partial charge in [-0.1, -0.05) is 52.0 Å². The molecule has 0 radical (unpaired) electrons. The summed E-state index contributed by atoms with van der Waals surface area (Å²) < 4.78 is 5.49. The minimum absolute atomic E-state index is 0.336. The number of hydrogen-bond donors (Lipinski definition) is 0. The normalized spacial score (nSPS) is 17.1. The molecule has 1 saturated carbocycles. The Labute approximate surface area is 177 Å². The van der Waals surface area contributed by atoms with Crippen molar-refractivity contribution >= 4 is 5.57 Å². The molecule has 2 heteroatoms. The van der Waals surface area contributed by atoms with Crippen LogP contribution >= 0.6 is 0 Å². The van der Waals surface area contributed by atoms with Gasteiger partial charge in [0.15, 0.2) is 0 Å². The molecule has 1 aliphatic carbocycles. The van der Waals surface area contributed by atoms with E-state index in [4.69, 9.17) is 9.72 Å². The second kappa shape index (κ2) is 8.73. The average molecular weight is 392 g/mol. The van der Waals surface area contributed by atoms with Crippen LogP contribution in [0.4, 0.5) is 0 Å². The SMILES string of the molecule is CC/C(=C(/C)OC)c1cnc(C(CC(C)C)c2ccc(C3(C)CC3)cc2)c(C)c1. The first-order valence-corrected chi connectivity index (χ1v) is 11.1. The van der Waals surface area contributed by atoms with Crippen LogP contribution in [0, 0.1) is 12.8 Å². The van der Waals surface area contributed by atoms with E-state index in [-0.39, 0.29) is 0 Å². The summed E-state index contributed by atoms with van der Waals surface area (Å²) in [4.78, 5) is 4.99. The zero-order chi connectivity index (χ0) is 21.2. The van der Waals surface area contributed by atoms with Gasteiger partial charge in [0.2, 0.25) is 0 Å². The highest BCUT2D eigenvalue weighted by molar-refractivity contribution is 5.67. The number of methoxy groups -OCH3 is 1. The Bertz CT molecular complexity index is 872. The largest absolute Gasteiger partial charge is 0.501 e. The van der Waals surface area contributed by atoms with E-state index in [0.29, 0.717) is 17.3 Å². The second-order valence-corrected chi connectivity index (χ2v) is 9.38. The zero-order valence-electron chi connectivity index (χ0n) is 19.3. The summed E-state index contributed by atoms with van der Waals surface area (Å²) in [5.41, 5.74) is 8.17. The smallest absolute Gasteiger partial charge is 0.0962 e. The van der Waals surface area contributed by atoms with Crippen LogP contribution in [0.1, 0.15) is 94.2 Å². The molecular formula is C27H37NO. The van der Waals surface area contributed by atoms with Crippen LogP contribution in [0.5, 0.6) is 0 Å². The van der Waals surface area contributed by atoms with Gasteiger partial charge < -0.3 is 4.74 Å². The van der Waals surface area contributed by atoms with Crippen molar-refractivity contribution in [2.24, 2.45) is 5.92 Å². The van der Waals surface area contributed by atoms with Gasteiger partial charge in [0.05, 0.1) is 18.6 Å². The van der Waals surface area contributed by atoms with E-state index in [2.05, 4.69) is 65.0 Å². The summed E-state index contributed by atoms with van der Waals surface area (Å²) in [7, 11) is 1.74. The molecule has 0 bridgehead atoms. The monoisotopic (exact) mass is 391 g/mol. The third-order valence-electron chi connectivity index (χ3n) is 6.60. The molecule has 1 unspecified atom stereocenters. The number of aryl methyl sites for hydroxylation is 1. The van der Waals surface area contributed by atoms with Crippen molar-refractivity contribution in [1.82, 2.24) is 4.98 Å². The number of aromatic nitrogens is 1. The minimum Gasteiger partial charge on any atom is -0.501 e. The van der Waals surface area contributed by atoms with E-state index >= 15 is 0 Å². The standard InChI is InChI=1S/C27H37NO/c1-8-24(20(5)29-7)22-16-19(4)26(28-17-22)25(15-18(2)3)21-9-11-23(12-10-21)27(6)13-14-27/h9-12,16-18,25H,8,13-15H2,1-7H3/b24-20+. The topological polar surface area (TPSA) is 22.1 Å². The fraction of sp³-hybridized carbons (Fsp3) is 0.519. The molecule has 2 aromatic rings. The lowest BCUT2D eigenvalue weighted by molar-refractivity contribution is 0.295. The first-order chi connectivity index (χ1) is 13.8.